The first-order valence-corrected chi connectivity index (χ1v) is 9.21. The molecule has 0 saturated carbocycles. The largest absolute Gasteiger partial charge is 0.302 e. The quantitative estimate of drug-likeness (QED) is 0.690. The number of aromatic nitrogens is 1. The van der Waals surface area contributed by atoms with E-state index in [2.05, 4.69) is 16.4 Å². The highest BCUT2D eigenvalue weighted by molar-refractivity contribution is 8.01. The van der Waals surface area contributed by atoms with Gasteiger partial charge in [-0.15, -0.1) is 0 Å². The van der Waals surface area contributed by atoms with Crippen molar-refractivity contribution in [3.63, 3.8) is 0 Å². The van der Waals surface area contributed by atoms with Crippen LogP contribution in [0.15, 0.2) is 46.7 Å². The molecule has 4 nitrogen and oxygen atoms in total. The summed E-state index contributed by atoms with van der Waals surface area (Å²) in [5.74, 6) is 0.295. The number of aryl methyl sites for hydroxylation is 1. The molecule has 1 amide bonds. The Morgan fingerprint density at radius 1 is 1.29 bits per heavy atom. The van der Waals surface area contributed by atoms with Crippen LogP contribution in [0.3, 0.4) is 0 Å². The van der Waals surface area contributed by atoms with Gasteiger partial charge in [-0.1, -0.05) is 65.6 Å². The second-order valence-corrected chi connectivity index (χ2v) is 7.44. The van der Waals surface area contributed by atoms with Crippen molar-refractivity contribution in [3.8, 4) is 6.07 Å². The minimum Gasteiger partial charge on any atom is -0.302 e. The molecule has 0 fully saturated rings. The molecule has 0 radical (unpaired) electrons. The van der Waals surface area contributed by atoms with Crippen molar-refractivity contribution in [2.24, 2.45) is 0 Å². The average Bonchev–Trinajstić information content (AvgIpc) is 2.92. The van der Waals surface area contributed by atoms with E-state index in [4.69, 9.17) is 5.26 Å². The maximum Gasteiger partial charge on any atom is 0.230 e. The Hall–Kier alpha value is -2.36. The van der Waals surface area contributed by atoms with E-state index in [1.165, 1.54) is 23.1 Å². The summed E-state index contributed by atoms with van der Waals surface area (Å²) < 4.78 is 0.969. The summed E-state index contributed by atoms with van der Waals surface area (Å²) >= 11 is 2.86. The Morgan fingerprint density at radius 3 is 2.92 bits per heavy atom. The van der Waals surface area contributed by atoms with Crippen LogP contribution in [-0.2, 0) is 11.2 Å². The minimum absolute atomic E-state index is 0.0862. The van der Waals surface area contributed by atoms with E-state index in [0.717, 1.165) is 26.2 Å². The second kappa shape index (κ2) is 7.47. The molecule has 120 valence electrons. The van der Waals surface area contributed by atoms with Gasteiger partial charge in [0.1, 0.15) is 0 Å². The lowest BCUT2D eigenvalue weighted by molar-refractivity contribution is -0.115. The topological polar surface area (TPSA) is 65.8 Å². The third-order valence-corrected chi connectivity index (χ3v) is 5.80. The maximum absolute atomic E-state index is 12.4. The molecule has 0 aliphatic heterocycles. The van der Waals surface area contributed by atoms with Crippen LogP contribution in [0.1, 0.15) is 11.3 Å². The molecule has 0 bridgehead atoms. The number of amides is 1. The van der Waals surface area contributed by atoms with Crippen LogP contribution < -0.4 is 5.32 Å². The van der Waals surface area contributed by atoms with Crippen LogP contribution in [0, 0.1) is 18.3 Å². The lowest BCUT2D eigenvalue weighted by Gasteiger charge is -2.06. The van der Waals surface area contributed by atoms with Crippen molar-refractivity contribution in [1.29, 1.82) is 5.26 Å². The third kappa shape index (κ3) is 3.75. The van der Waals surface area contributed by atoms with E-state index in [-0.39, 0.29) is 5.91 Å². The Morgan fingerprint density at radius 2 is 2.08 bits per heavy atom. The highest BCUT2D eigenvalue weighted by Crippen LogP contribution is 2.31. The summed E-state index contributed by atoms with van der Waals surface area (Å²) in [6.07, 6.45) is 0.306. The number of benzene rings is 2. The fraction of sp³-hybridized carbons (Fsp3) is 0.167. The van der Waals surface area contributed by atoms with E-state index in [1.807, 2.05) is 49.4 Å². The Balaban J connectivity index is 1.73. The molecule has 0 aliphatic rings. The van der Waals surface area contributed by atoms with Crippen LogP contribution in [0.25, 0.3) is 10.8 Å². The summed E-state index contributed by atoms with van der Waals surface area (Å²) in [5, 5.41) is 14.3. The summed E-state index contributed by atoms with van der Waals surface area (Å²) in [5.41, 5.74) is 1.85. The van der Waals surface area contributed by atoms with Crippen molar-refractivity contribution in [2.75, 3.05) is 11.1 Å². The number of nitrogens with one attached hydrogen (secondary N) is 1. The van der Waals surface area contributed by atoms with Gasteiger partial charge in [-0.25, -0.2) is 4.98 Å². The maximum atomic E-state index is 12.4. The molecule has 6 heteroatoms. The van der Waals surface area contributed by atoms with E-state index < -0.39 is 0 Å². The number of carbonyl (C=O) groups is 1. The highest BCUT2D eigenvalue weighted by atomic mass is 32.2. The number of carbonyl (C=O) groups excluding carboxylic acids is 1. The van der Waals surface area contributed by atoms with Gasteiger partial charge in [-0.05, 0) is 23.3 Å². The molecule has 1 heterocycles. The molecule has 0 saturated heterocycles. The number of fused-ring (bicyclic) bond motifs is 1. The van der Waals surface area contributed by atoms with Gasteiger partial charge in [-0.3, -0.25) is 4.79 Å². The Kier molecular flexibility index (Phi) is 5.14. The molecule has 0 unspecified atom stereocenters. The van der Waals surface area contributed by atoms with Crippen molar-refractivity contribution >= 4 is 44.9 Å². The van der Waals surface area contributed by atoms with Gasteiger partial charge in [0, 0.05) is 0 Å². The van der Waals surface area contributed by atoms with Gasteiger partial charge in [0.25, 0.3) is 0 Å². The van der Waals surface area contributed by atoms with Crippen LogP contribution in [-0.4, -0.2) is 16.6 Å². The zero-order chi connectivity index (χ0) is 16.9. The average molecular weight is 353 g/mol. The highest BCUT2D eigenvalue weighted by Gasteiger charge is 2.12. The van der Waals surface area contributed by atoms with Gasteiger partial charge < -0.3 is 5.32 Å². The van der Waals surface area contributed by atoms with Crippen LogP contribution in [0.2, 0.25) is 0 Å². The summed E-state index contributed by atoms with van der Waals surface area (Å²) in [6, 6.07) is 16.1. The van der Waals surface area contributed by atoms with Crippen molar-refractivity contribution in [1.82, 2.24) is 4.98 Å². The number of nitrogens with zero attached hydrogens (tertiary/aromatic N) is 2. The summed E-state index contributed by atoms with van der Waals surface area (Å²) in [6.45, 7) is 1.89. The fourth-order valence-electron chi connectivity index (χ4n) is 2.45. The van der Waals surface area contributed by atoms with Gasteiger partial charge in [0.15, 0.2) is 5.13 Å². The van der Waals surface area contributed by atoms with Crippen LogP contribution >= 0.6 is 23.1 Å². The lowest BCUT2D eigenvalue weighted by atomic mass is 10.0. The predicted molar refractivity (Wildman–Crippen MR) is 99.5 cm³/mol. The van der Waals surface area contributed by atoms with Gasteiger partial charge in [-0.2, -0.15) is 5.26 Å². The van der Waals surface area contributed by atoms with Gasteiger partial charge >= 0.3 is 0 Å². The number of thioether (sulfide) groups is 1. The molecular weight excluding hydrogens is 338 g/mol. The first-order chi connectivity index (χ1) is 11.7. The summed E-state index contributed by atoms with van der Waals surface area (Å²) in [4.78, 5) is 16.7. The fourth-order valence-corrected chi connectivity index (χ4v) is 4.27. The van der Waals surface area contributed by atoms with E-state index in [0.29, 0.717) is 17.3 Å². The molecule has 2 aromatic carbocycles. The zero-order valence-corrected chi connectivity index (χ0v) is 14.7. The number of hydrogen-bond acceptors (Lipinski definition) is 5. The van der Waals surface area contributed by atoms with Gasteiger partial charge in [0.2, 0.25) is 5.91 Å². The molecule has 3 aromatic rings. The second-order valence-electron chi connectivity index (χ2n) is 5.20. The number of rotatable bonds is 5. The van der Waals surface area contributed by atoms with Gasteiger partial charge in [0.05, 0.1) is 28.1 Å². The molecule has 0 atom stereocenters. The first-order valence-electron chi connectivity index (χ1n) is 7.41. The van der Waals surface area contributed by atoms with Crippen molar-refractivity contribution in [2.45, 2.75) is 17.6 Å². The number of hydrogen-bond donors (Lipinski definition) is 1. The Labute approximate surface area is 148 Å². The lowest BCUT2D eigenvalue weighted by Crippen LogP contribution is -2.14. The number of thiazole rings is 1. The molecular formula is C18H15N3OS2. The summed E-state index contributed by atoms with van der Waals surface area (Å²) in [7, 11) is 0. The van der Waals surface area contributed by atoms with Crippen LogP contribution in [0.4, 0.5) is 5.13 Å². The predicted octanol–water partition coefficient (Wildman–Crippen LogP) is 4.40. The molecule has 0 spiro atoms. The van der Waals surface area contributed by atoms with E-state index >= 15 is 0 Å². The third-order valence-electron chi connectivity index (χ3n) is 3.50. The van der Waals surface area contributed by atoms with Crippen molar-refractivity contribution in [3.05, 3.63) is 53.7 Å². The molecule has 0 aliphatic carbocycles. The smallest absolute Gasteiger partial charge is 0.230 e. The first kappa shape index (κ1) is 16.5. The van der Waals surface area contributed by atoms with E-state index in [1.54, 1.807) is 0 Å². The standard InChI is InChI=1S/C18H15N3OS2/c1-12-17(23-10-9-19)24-18(20-12)21-16(22)11-14-7-4-6-13-5-2-3-8-15(13)14/h2-8H,10-11H2,1H3,(H,20,21,22). The van der Waals surface area contributed by atoms with Crippen molar-refractivity contribution < 1.29 is 4.79 Å². The minimum atomic E-state index is -0.0862. The zero-order valence-electron chi connectivity index (χ0n) is 13.1. The number of nitriles is 1. The van der Waals surface area contributed by atoms with E-state index in [9.17, 15) is 4.79 Å². The SMILES string of the molecule is Cc1nc(NC(=O)Cc2cccc3ccccc23)sc1SCC#N. The monoisotopic (exact) mass is 353 g/mol. The normalized spacial score (nSPS) is 10.5. The number of anilines is 1. The Bertz CT molecular complexity index is 922. The molecule has 1 aromatic heterocycles. The molecule has 1 N–H and O–H groups in total. The molecule has 3 rings (SSSR count). The molecule has 24 heavy (non-hydrogen) atoms. The van der Waals surface area contributed by atoms with Crippen LogP contribution in [0.5, 0.6) is 0 Å².